The van der Waals surface area contributed by atoms with Crippen LogP contribution in [0.15, 0.2) is 0 Å². The van der Waals surface area contributed by atoms with Crippen LogP contribution in [0, 0.1) is 5.92 Å². The Kier molecular flexibility index (Phi) is 4.96. The average molecular weight is 185 g/mol. The fraction of sp³-hybridized carbons (Fsp3) is 0.667. The molecule has 74 valence electrons. The van der Waals surface area contributed by atoms with Gasteiger partial charge in [0.25, 0.3) is 0 Å². The first-order valence-corrected chi connectivity index (χ1v) is 4.20. The highest BCUT2D eigenvalue weighted by Crippen LogP contribution is 2.02. The second-order valence-corrected chi connectivity index (χ2v) is 3.18. The highest BCUT2D eigenvalue weighted by Gasteiger charge is 2.14. The molecule has 0 fully saturated rings. The van der Waals surface area contributed by atoms with Crippen molar-refractivity contribution in [1.82, 2.24) is 5.32 Å². The van der Waals surface area contributed by atoms with Crippen molar-refractivity contribution in [2.75, 3.05) is 6.54 Å². The third-order valence-corrected chi connectivity index (χ3v) is 1.65. The molecule has 0 aromatic carbocycles. The molecular formula is C9H15NO3. The fourth-order valence-electron chi connectivity index (χ4n) is 0.931. The smallest absolute Gasteiger partial charge is 0.217 e. The lowest BCUT2D eigenvalue weighted by molar-refractivity contribution is -0.127. The minimum atomic E-state index is -0.302. The zero-order chi connectivity index (χ0) is 10.4. The van der Waals surface area contributed by atoms with Crippen molar-refractivity contribution < 1.29 is 14.4 Å². The summed E-state index contributed by atoms with van der Waals surface area (Å²) in [4.78, 5) is 32.3. The lowest BCUT2D eigenvalue weighted by Crippen LogP contribution is -2.31. The predicted molar refractivity (Wildman–Crippen MR) is 48.2 cm³/mol. The van der Waals surface area contributed by atoms with Crippen molar-refractivity contribution in [3.05, 3.63) is 0 Å². The molecule has 4 nitrogen and oxygen atoms in total. The van der Waals surface area contributed by atoms with Crippen LogP contribution in [0.5, 0.6) is 0 Å². The maximum absolute atomic E-state index is 11.2. The third-order valence-electron chi connectivity index (χ3n) is 1.65. The van der Waals surface area contributed by atoms with Gasteiger partial charge in [0.1, 0.15) is 5.78 Å². The molecule has 1 atom stereocenters. The molecule has 0 rings (SSSR count). The van der Waals surface area contributed by atoms with E-state index in [1.807, 2.05) is 0 Å². The van der Waals surface area contributed by atoms with Gasteiger partial charge in [-0.2, -0.15) is 0 Å². The van der Waals surface area contributed by atoms with Gasteiger partial charge in [-0.05, 0) is 6.92 Å². The van der Waals surface area contributed by atoms with E-state index in [1.165, 1.54) is 13.8 Å². The van der Waals surface area contributed by atoms with Crippen LogP contribution in [-0.2, 0) is 14.4 Å². The van der Waals surface area contributed by atoms with Crippen LogP contribution in [0.3, 0.4) is 0 Å². The average Bonchev–Trinajstić information content (AvgIpc) is 1.98. The molecule has 0 aromatic heterocycles. The van der Waals surface area contributed by atoms with Gasteiger partial charge < -0.3 is 10.1 Å². The molecule has 0 aliphatic carbocycles. The van der Waals surface area contributed by atoms with Gasteiger partial charge >= 0.3 is 0 Å². The molecule has 4 heteroatoms. The molecule has 1 N–H and O–H groups in total. The van der Waals surface area contributed by atoms with Crippen molar-refractivity contribution in [1.29, 1.82) is 0 Å². The van der Waals surface area contributed by atoms with Gasteiger partial charge in [-0.15, -0.1) is 0 Å². The zero-order valence-corrected chi connectivity index (χ0v) is 8.22. The topological polar surface area (TPSA) is 63.2 Å². The van der Waals surface area contributed by atoms with E-state index >= 15 is 0 Å². The van der Waals surface area contributed by atoms with Crippen molar-refractivity contribution in [2.24, 2.45) is 5.92 Å². The van der Waals surface area contributed by atoms with E-state index in [1.54, 1.807) is 6.92 Å². The fourth-order valence-corrected chi connectivity index (χ4v) is 0.931. The minimum Gasteiger partial charge on any atom is -0.349 e. The number of amides is 1. The first-order valence-electron chi connectivity index (χ1n) is 4.20. The standard InChI is InChI=1S/C9H15NO3/c1-6(4-7(2)11)9(13)5-10-8(3)12/h6H,4-5H2,1-3H3,(H,10,12). The highest BCUT2D eigenvalue weighted by molar-refractivity contribution is 5.90. The Hall–Kier alpha value is -1.19. The van der Waals surface area contributed by atoms with E-state index in [2.05, 4.69) is 5.32 Å². The van der Waals surface area contributed by atoms with E-state index in [9.17, 15) is 14.4 Å². The molecule has 0 bridgehead atoms. The summed E-state index contributed by atoms with van der Waals surface area (Å²) in [7, 11) is 0. The molecule has 1 amide bonds. The van der Waals surface area contributed by atoms with Gasteiger partial charge in [-0.3, -0.25) is 9.59 Å². The summed E-state index contributed by atoms with van der Waals surface area (Å²) < 4.78 is 0. The number of ketones is 2. The van der Waals surface area contributed by atoms with Crippen LogP contribution in [0.2, 0.25) is 0 Å². The first-order chi connectivity index (χ1) is 5.93. The van der Waals surface area contributed by atoms with Crippen LogP contribution in [0.1, 0.15) is 27.2 Å². The van der Waals surface area contributed by atoms with Gasteiger partial charge in [-0.25, -0.2) is 0 Å². The second-order valence-electron chi connectivity index (χ2n) is 3.18. The summed E-state index contributed by atoms with van der Waals surface area (Å²) in [5.41, 5.74) is 0. The van der Waals surface area contributed by atoms with Crippen molar-refractivity contribution in [2.45, 2.75) is 27.2 Å². The van der Waals surface area contributed by atoms with Crippen molar-refractivity contribution in [3.8, 4) is 0 Å². The molecule has 13 heavy (non-hydrogen) atoms. The third kappa shape index (κ3) is 6.02. The second kappa shape index (κ2) is 5.45. The Balaban J connectivity index is 3.82. The number of hydrogen-bond donors (Lipinski definition) is 1. The largest absolute Gasteiger partial charge is 0.349 e. The maximum Gasteiger partial charge on any atom is 0.217 e. The highest BCUT2D eigenvalue weighted by atomic mass is 16.2. The maximum atomic E-state index is 11.2. The normalized spacial score (nSPS) is 11.9. The molecule has 0 radical (unpaired) electrons. The van der Waals surface area contributed by atoms with E-state index in [0.717, 1.165) is 0 Å². The first kappa shape index (κ1) is 11.8. The molecule has 0 aliphatic rings. The Bertz CT molecular complexity index is 223. The van der Waals surface area contributed by atoms with E-state index in [-0.39, 0.29) is 36.4 Å². The van der Waals surface area contributed by atoms with Gasteiger partial charge in [0.15, 0.2) is 5.78 Å². The molecule has 1 unspecified atom stereocenters. The lowest BCUT2D eigenvalue weighted by atomic mass is 10.0. The summed E-state index contributed by atoms with van der Waals surface area (Å²) in [6.07, 6.45) is 0.248. The summed E-state index contributed by atoms with van der Waals surface area (Å²) in [6, 6.07) is 0. The minimum absolute atomic E-state index is 0.0105. The number of nitrogens with one attached hydrogen (secondary N) is 1. The summed E-state index contributed by atoms with van der Waals surface area (Å²) >= 11 is 0. The monoisotopic (exact) mass is 185 g/mol. The zero-order valence-electron chi connectivity index (χ0n) is 8.22. The number of hydrogen-bond acceptors (Lipinski definition) is 3. The van der Waals surface area contributed by atoms with Gasteiger partial charge in [0.05, 0.1) is 6.54 Å². The molecule has 0 saturated heterocycles. The van der Waals surface area contributed by atoms with Crippen molar-refractivity contribution in [3.63, 3.8) is 0 Å². The van der Waals surface area contributed by atoms with E-state index in [4.69, 9.17) is 0 Å². The molecule has 0 aliphatic heterocycles. The van der Waals surface area contributed by atoms with Crippen LogP contribution in [0.25, 0.3) is 0 Å². The van der Waals surface area contributed by atoms with E-state index < -0.39 is 0 Å². The van der Waals surface area contributed by atoms with Gasteiger partial charge in [0, 0.05) is 19.3 Å². The van der Waals surface area contributed by atoms with Gasteiger partial charge in [-0.1, -0.05) is 6.92 Å². The summed E-state index contributed by atoms with van der Waals surface area (Å²) in [5, 5.41) is 2.40. The Morgan fingerprint density at radius 3 is 2.15 bits per heavy atom. The predicted octanol–water partition coefficient (Wildman–Crippen LogP) is 0.307. The number of carbonyl (C=O) groups excluding carboxylic acids is 3. The quantitative estimate of drug-likeness (QED) is 0.670. The Morgan fingerprint density at radius 2 is 1.77 bits per heavy atom. The molecule has 0 spiro atoms. The number of Topliss-reactive ketones (excluding diaryl/α,β-unsaturated/α-hetero) is 2. The van der Waals surface area contributed by atoms with Crippen molar-refractivity contribution >= 4 is 17.5 Å². The lowest BCUT2D eigenvalue weighted by Gasteiger charge is -2.07. The van der Waals surface area contributed by atoms with Crippen LogP contribution in [0.4, 0.5) is 0 Å². The van der Waals surface area contributed by atoms with Crippen LogP contribution in [-0.4, -0.2) is 24.0 Å². The number of carbonyl (C=O) groups is 3. The molecule has 0 aromatic rings. The Morgan fingerprint density at radius 1 is 1.23 bits per heavy atom. The van der Waals surface area contributed by atoms with Gasteiger partial charge in [0.2, 0.25) is 5.91 Å². The number of rotatable bonds is 5. The molecule has 0 heterocycles. The summed E-state index contributed by atoms with van der Waals surface area (Å²) in [5.74, 6) is -0.651. The summed E-state index contributed by atoms with van der Waals surface area (Å²) in [6.45, 7) is 4.50. The molecular weight excluding hydrogens is 170 g/mol. The SMILES string of the molecule is CC(=O)CC(C)C(=O)CNC(C)=O. The van der Waals surface area contributed by atoms with Crippen LogP contribution < -0.4 is 5.32 Å². The molecule has 0 saturated carbocycles. The van der Waals surface area contributed by atoms with Crippen LogP contribution >= 0.6 is 0 Å². The Labute approximate surface area is 77.7 Å². The van der Waals surface area contributed by atoms with E-state index in [0.29, 0.717) is 0 Å².